The predicted molar refractivity (Wildman–Crippen MR) is 104 cm³/mol. The highest BCUT2D eigenvalue weighted by atomic mass is 16.5. The van der Waals surface area contributed by atoms with Crippen LogP contribution in [-0.2, 0) is 20.7 Å². The number of carbonyl (C=O) groups is 2. The highest BCUT2D eigenvalue weighted by Gasteiger charge is 2.25. The molecule has 1 aliphatic carbocycles. The Morgan fingerprint density at radius 3 is 2.42 bits per heavy atom. The molecule has 0 heterocycles. The number of esters is 1. The Hall–Kier alpha value is -1.84. The van der Waals surface area contributed by atoms with Gasteiger partial charge in [0, 0.05) is 19.0 Å². The number of benzene rings is 1. The molecule has 0 aliphatic heterocycles. The summed E-state index contributed by atoms with van der Waals surface area (Å²) in [5.74, 6) is -0.0194. The van der Waals surface area contributed by atoms with Crippen molar-refractivity contribution >= 4 is 11.9 Å². The van der Waals surface area contributed by atoms with E-state index in [9.17, 15) is 9.59 Å². The molecule has 1 aliphatic rings. The summed E-state index contributed by atoms with van der Waals surface area (Å²) in [6, 6.07) is 8.80. The summed E-state index contributed by atoms with van der Waals surface area (Å²) in [5, 5.41) is 0. The molecule has 144 valence electrons. The Bertz CT molecular complexity index is 561. The van der Waals surface area contributed by atoms with Crippen molar-refractivity contribution in [2.24, 2.45) is 0 Å². The third-order valence-corrected chi connectivity index (χ3v) is 5.17. The van der Waals surface area contributed by atoms with Crippen molar-refractivity contribution in [3.63, 3.8) is 0 Å². The number of hydrogen-bond donors (Lipinski definition) is 0. The standard InChI is InChI=1S/C22H33NO3/c1-3-26-22(25)16-17-23(20-9-5-4-6-10-20)21(24)11-7-8-19-14-12-18(2)13-15-19/h12-15,20H,3-11,16-17H2,1-2H3. The van der Waals surface area contributed by atoms with Crippen molar-refractivity contribution in [3.05, 3.63) is 35.4 Å². The van der Waals surface area contributed by atoms with E-state index in [0.717, 1.165) is 25.7 Å². The van der Waals surface area contributed by atoms with Crippen LogP contribution in [0.1, 0.15) is 69.4 Å². The largest absolute Gasteiger partial charge is 0.466 e. The molecule has 1 saturated carbocycles. The van der Waals surface area contributed by atoms with Gasteiger partial charge in [-0.25, -0.2) is 0 Å². The first-order valence-electron chi connectivity index (χ1n) is 10.1. The number of amides is 1. The lowest BCUT2D eigenvalue weighted by molar-refractivity contribution is -0.144. The summed E-state index contributed by atoms with van der Waals surface area (Å²) in [6.07, 6.45) is 8.35. The highest BCUT2D eigenvalue weighted by molar-refractivity contribution is 5.77. The third-order valence-electron chi connectivity index (χ3n) is 5.17. The summed E-state index contributed by atoms with van der Waals surface area (Å²) in [5.41, 5.74) is 2.53. The molecule has 1 aromatic rings. The lowest BCUT2D eigenvalue weighted by Gasteiger charge is -2.34. The Balaban J connectivity index is 1.86. The third kappa shape index (κ3) is 6.81. The monoisotopic (exact) mass is 359 g/mol. The Morgan fingerprint density at radius 2 is 1.77 bits per heavy atom. The van der Waals surface area contributed by atoms with Gasteiger partial charge in [0.1, 0.15) is 0 Å². The van der Waals surface area contributed by atoms with Crippen molar-refractivity contribution in [2.45, 2.75) is 77.7 Å². The van der Waals surface area contributed by atoms with Gasteiger partial charge < -0.3 is 9.64 Å². The van der Waals surface area contributed by atoms with E-state index in [1.165, 1.54) is 30.4 Å². The summed E-state index contributed by atoms with van der Waals surface area (Å²) in [7, 11) is 0. The van der Waals surface area contributed by atoms with Gasteiger partial charge in [-0.3, -0.25) is 9.59 Å². The summed E-state index contributed by atoms with van der Waals surface area (Å²) in [6.45, 7) is 4.78. The second-order valence-electron chi connectivity index (χ2n) is 7.27. The SMILES string of the molecule is CCOC(=O)CCN(C(=O)CCCc1ccc(C)cc1)C1CCCCC1. The van der Waals surface area contributed by atoms with E-state index in [1.807, 2.05) is 11.8 Å². The molecule has 1 amide bonds. The lowest BCUT2D eigenvalue weighted by atomic mass is 9.93. The molecule has 0 bridgehead atoms. The van der Waals surface area contributed by atoms with Gasteiger partial charge in [-0.05, 0) is 45.1 Å². The van der Waals surface area contributed by atoms with Gasteiger partial charge in [-0.2, -0.15) is 0 Å². The molecule has 1 fully saturated rings. The molecule has 1 aromatic carbocycles. The highest BCUT2D eigenvalue weighted by Crippen LogP contribution is 2.24. The van der Waals surface area contributed by atoms with E-state index in [4.69, 9.17) is 4.74 Å². The number of aryl methyl sites for hydroxylation is 2. The molecule has 0 radical (unpaired) electrons. The first-order chi connectivity index (χ1) is 12.6. The Kier molecular flexibility index (Phi) is 8.66. The Morgan fingerprint density at radius 1 is 1.08 bits per heavy atom. The molecule has 0 spiro atoms. The van der Waals surface area contributed by atoms with Crippen LogP contribution >= 0.6 is 0 Å². The minimum Gasteiger partial charge on any atom is -0.466 e. The van der Waals surface area contributed by atoms with Gasteiger partial charge in [-0.15, -0.1) is 0 Å². The Labute approximate surface area is 157 Å². The quantitative estimate of drug-likeness (QED) is 0.613. The van der Waals surface area contributed by atoms with E-state index in [1.54, 1.807) is 0 Å². The van der Waals surface area contributed by atoms with Gasteiger partial charge >= 0.3 is 5.97 Å². The van der Waals surface area contributed by atoms with E-state index in [2.05, 4.69) is 31.2 Å². The van der Waals surface area contributed by atoms with Crippen molar-refractivity contribution in [3.8, 4) is 0 Å². The van der Waals surface area contributed by atoms with Crippen LogP contribution < -0.4 is 0 Å². The number of rotatable bonds is 9. The van der Waals surface area contributed by atoms with Gasteiger partial charge in [0.2, 0.25) is 5.91 Å². The van der Waals surface area contributed by atoms with Crippen molar-refractivity contribution in [1.29, 1.82) is 0 Å². The van der Waals surface area contributed by atoms with Crippen LogP contribution in [0.2, 0.25) is 0 Å². The predicted octanol–water partition coefficient (Wildman–Crippen LogP) is 4.43. The maximum Gasteiger partial charge on any atom is 0.307 e. The van der Waals surface area contributed by atoms with E-state index < -0.39 is 0 Å². The van der Waals surface area contributed by atoms with Crippen molar-refractivity contribution in [2.75, 3.05) is 13.2 Å². The van der Waals surface area contributed by atoms with Crippen LogP contribution in [0.4, 0.5) is 0 Å². The number of hydrogen-bond acceptors (Lipinski definition) is 3. The first-order valence-corrected chi connectivity index (χ1v) is 10.1. The molecule has 0 aromatic heterocycles. The zero-order chi connectivity index (χ0) is 18.8. The summed E-state index contributed by atoms with van der Waals surface area (Å²) < 4.78 is 5.03. The molecule has 0 atom stereocenters. The van der Waals surface area contributed by atoms with Crippen LogP contribution in [0.15, 0.2) is 24.3 Å². The minimum atomic E-state index is -0.208. The first kappa shape index (κ1) is 20.5. The zero-order valence-electron chi connectivity index (χ0n) is 16.3. The van der Waals surface area contributed by atoms with Gasteiger partial charge in [-0.1, -0.05) is 49.1 Å². The smallest absolute Gasteiger partial charge is 0.307 e. The second-order valence-corrected chi connectivity index (χ2v) is 7.27. The molecular weight excluding hydrogens is 326 g/mol. The molecular formula is C22H33NO3. The molecule has 0 N–H and O–H groups in total. The molecule has 2 rings (SSSR count). The van der Waals surface area contributed by atoms with Crippen LogP contribution in [0.3, 0.4) is 0 Å². The topological polar surface area (TPSA) is 46.6 Å². The molecule has 4 nitrogen and oxygen atoms in total. The normalized spacial score (nSPS) is 14.8. The fraction of sp³-hybridized carbons (Fsp3) is 0.636. The van der Waals surface area contributed by atoms with Crippen LogP contribution in [-0.4, -0.2) is 36.0 Å². The minimum absolute atomic E-state index is 0.188. The molecule has 26 heavy (non-hydrogen) atoms. The van der Waals surface area contributed by atoms with E-state index in [0.29, 0.717) is 32.0 Å². The average molecular weight is 360 g/mol. The van der Waals surface area contributed by atoms with Gasteiger partial charge in [0.05, 0.1) is 13.0 Å². The van der Waals surface area contributed by atoms with E-state index >= 15 is 0 Å². The maximum absolute atomic E-state index is 12.8. The zero-order valence-corrected chi connectivity index (χ0v) is 16.3. The second kappa shape index (κ2) is 11.0. The lowest BCUT2D eigenvalue weighted by Crippen LogP contribution is -2.42. The van der Waals surface area contributed by atoms with Crippen LogP contribution in [0.5, 0.6) is 0 Å². The van der Waals surface area contributed by atoms with Gasteiger partial charge in [0.25, 0.3) is 0 Å². The fourth-order valence-corrected chi connectivity index (χ4v) is 3.69. The van der Waals surface area contributed by atoms with E-state index in [-0.39, 0.29) is 11.9 Å². The number of nitrogens with zero attached hydrogens (tertiary/aromatic N) is 1. The molecule has 0 saturated heterocycles. The average Bonchev–Trinajstić information content (AvgIpc) is 2.65. The maximum atomic E-state index is 12.8. The van der Waals surface area contributed by atoms with Crippen molar-refractivity contribution in [1.82, 2.24) is 4.90 Å². The van der Waals surface area contributed by atoms with Crippen molar-refractivity contribution < 1.29 is 14.3 Å². The summed E-state index contributed by atoms with van der Waals surface area (Å²) in [4.78, 5) is 26.5. The summed E-state index contributed by atoms with van der Waals surface area (Å²) >= 11 is 0. The fourth-order valence-electron chi connectivity index (χ4n) is 3.69. The molecule has 4 heteroatoms. The molecule has 0 unspecified atom stereocenters. The van der Waals surface area contributed by atoms with Crippen LogP contribution in [0.25, 0.3) is 0 Å². The van der Waals surface area contributed by atoms with Gasteiger partial charge in [0.15, 0.2) is 0 Å². The van der Waals surface area contributed by atoms with Crippen LogP contribution in [0, 0.1) is 6.92 Å². The number of ether oxygens (including phenoxy) is 1. The number of carbonyl (C=O) groups excluding carboxylic acids is 2.